The Morgan fingerprint density at radius 2 is 2.00 bits per heavy atom. The number of carboxylic acids is 1. The minimum atomic E-state index is -1.08. The molecule has 3 N–H and O–H groups in total. The maximum absolute atomic E-state index is 12.7. The van der Waals surface area contributed by atoms with Gasteiger partial charge in [0, 0.05) is 7.05 Å². The van der Waals surface area contributed by atoms with Crippen LogP contribution in [0.15, 0.2) is 18.2 Å². The van der Waals surface area contributed by atoms with Crippen molar-refractivity contribution in [3.8, 4) is 11.5 Å². The Kier molecular flexibility index (Phi) is 8.94. The Balaban J connectivity index is 2.10. The van der Waals surface area contributed by atoms with Crippen molar-refractivity contribution in [2.45, 2.75) is 44.7 Å². The van der Waals surface area contributed by atoms with Gasteiger partial charge >= 0.3 is 12.0 Å². The van der Waals surface area contributed by atoms with Crippen LogP contribution in [0, 0.1) is 6.57 Å². The van der Waals surface area contributed by atoms with Crippen molar-refractivity contribution in [3.05, 3.63) is 35.2 Å². The van der Waals surface area contributed by atoms with Crippen LogP contribution in [0.3, 0.4) is 0 Å². The molecule has 0 radical (unpaired) electrons. The van der Waals surface area contributed by atoms with E-state index >= 15 is 0 Å². The zero-order valence-corrected chi connectivity index (χ0v) is 17.7. The van der Waals surface area contributed by atoms with Crippen LogP contribution in [-0.2, 0) is 9.59 Å². The molecule has 1 aromatic rings. The lowest BCUT2D eigenvalue weighted by molar-refractivity contribution is -0.137. The molecule has 0 saturated carbocycles. The highest BCUT2D eigenvalue weighted by Gasteiger charge is 2.26. The van der Waals surface area contributed by atoms with Crippen molar-refractivity contribution in [3.63, 3.8) is 0 Å². The van der Waals surface area contributed by atoms with Gasteiger partial charge in [0.05, 0.1) is 19.0 Å². The highest BCUT2D eigenvalue weighted by atomic mass is 16.7. The molecule has 0 unspecified atom stereocenters. The summed E-state index contributed by atoms with van der Waals surface area (Å²) in [6.45, 7) is 9.38. The van der Waals surface area contributed by atoms with Gasteiger partial charge in [0.15, 0.2) is 11.5 Å². The normalized spacial score (nSPS) is 13.6. The lowest BCUT2D eigenvalue weighted by atomic mass is 10.0. The maximum atomic E-state index is 12.7. The first-order valence-electron chi connectivity index (χ1n) is 10.1. The minimum Gasteiger partial charge on any atom is -0.481 e. The van der Waals surface area contributed by atoms with Crippen molar-refractivity contribution < 1.29 is 29.0 Å². The number of fused-ring (bicyclic) bond motifs is 1. The minimum absolute atomic E-state index is 0.0819. The molecule has 1 aliphatic heterocycles. The average molecular weight is 432 g/mol. The molecular formula is C21H28N4O6. The number of ether oxygens (including phenoxy) is 2. The second-order valence-electron chi connectivity index (χ2n) is 7.22. The lowest BCUT2D eigenvalue weighted by Gasteiger charge is -2.25. The Morgan fingerprint density at radius 3 is 2.68 bits per heavy atom. The molecule has 3 amide bonds. The number of urea groups is 1. The van der Waals surface area contributed by atoms with E-state index in [0.717, 1.165) is 12.8 Å². The predicted octanol–water partition coefficient (Wildman–Crippen LogP) is 2.17. The molecule has 168 valence electrons. The van der Waals surface area contributed by atoms with Gasteiger partial charge in [0.1, 0.15) is 6.04 Å². The summed E-state index contributed by atoms with van der Waals surface area (Å²) in [6.07, 6.45) is 1.68. The zero-order chi connectivity index (χ0) is 22.8. The van der Waals surface area contributed by atoms with Crippen LogP contribution in [0.5, 0.6) is 11.5 Å². The molecule has 10 nitrogen and oxygen atoms in total. The van der Waals surface area contributed by atoms with Gasteiger partial charge in [-0.15, -0.1) is 0 Å². The first-order valence-corrected chi connectivity index (χ1v) is 10.1. The van der Waals surface area contributed by atoms with E-state index in [2.05, 4.69) is 15.5 Å². The van der Waals surface area contributed by atoms with E-state index in [1.165, 1.54) is 4.90 Å². The zero-order valence-electron chi connectivity index (χ0n) is 17.7. The third kappa shape index (κ3) is 7.06. The number of nitrogens with one attached hydrogen (secondary N) is 2. The number of likely N-dealkylation sites (N-methyl/N-ethyl adjacent to an activating group) is 1. The smallest absolute Gasteiger partial charge is 0.315 e. The van der Waals surface area contributed by atoms with Crippen LogP contribution in [0.25, 0.3) is 4.85 Å². The van der Waals surface area contributed by atoms with Crippen molar-refractivity contribution in [2.75, 3.05) is 26.9 Å². The number of aliphatic carboxylic acids is 1. The van der Waals surface area contributed by atoms with Crippen LogP contribution >= 0.6 is 0 Å². The van der Waals surface area contributed by atoms with E-state index < -0.39 is 24.1 Å². The van der Waals surface area contributed by atoms with Gasteiger partial charge in [-0.2, -0.15) is 0 Å². The number of nitrogens with zero attached hydrogens (tertiary/aromatic N) is 2. The molecule has 2 rings (SSSR count). The molecule has 2 atom stereocenters. The van der Waals surface area contributed by atoms with E-state index in [1.807, 2.05) is 6.92 Å². The largest absolute Gasteiger partial charge is 0.481 e. The summed E-state index contributed by atoms with van der Waals surface area (Å²) in [5, 5.41) is 14.6. The van der Waals surface area contributed by atoms with Crippen LogP contribution in [0.1, 0.15) is 44.2 Å². The molecule has 31 heavy (non-hydrogen) atoms. The highest BCUT2D eigenvalue weighted by Crippen LogP contribution is 2.34. The van der Waals surface area contributed by atoms with Gasteiger partial charge in [-0.05, 0) is 24.1 Å². The molecule has 1 heterocycles. The van der Waals surface area contributed by atoms with Gasteiger partial charge in [-0.25, -0.2) is 11.4 Å². The second kappa shape index (κ2) is 11.6. The van der Waals surface area contributed by atoms with Crippen LogP contribution in [0.2, 0.25) is 0 Å². The average Bonchev–Trinajstić information content (AvgIpc) is 3.21. The summed E-state index contributed by atoms with van der Waals surface area (Å²) in [5.41, 5.74) is 0.549. The van der Waals surface area contributed by atoms with Crippen molar-refractivity contribution in [1.29, 1.82) is 0 Å². The number of carboxylic acid groups (broad SMARTS) is 1. The van der Waals surface area contributed by atoms with Crippen LogP contribution in [-0.4, -0.2) is 60.9 Å². The van der Waals surface area contributed by atoms with Crippen molar-refractivity contribution in [1.82, 2.24) is 15.5 Å². The fraction of sp³-hybridized carbons (Fsp3) is 0.524. The fourth-order valence-electron chi connectivity index (χ4n) is 3.16. The highest BCUT2D eigenvalue weighted by molar-refractivity contribution is 5.87. The Morgan fingerprint density at radius 1 is 1.26 bits per heavy atom. The van der Waals surface area contributed by atoms with Crippen LogP contribution < -0.4 is 20.1 Å². The lowest BCUT2D eigenvalue weighted by Crippen LogP contribution is -2.51. The van der Waals surface area contributed by atoms with E-state index in [1.54, 1.807) is 25.2 Å². The number of unbranched alkanes of at least 4 members (excludes halogenated alkanes) is 1. The van der Waals surface area contributed by atoms with Crippen molar-refractivity contribution in [2.24, 2.45) is 0 Å². The monoisotopic (exact) mass is 432 g/mol. The first kappa shape index (κ1) is 23.8. The SMILES string of the molecule is [C-]#[N+]CCN(C)C(=O)[C@H](CCCC)NC(=O)N[C@@H](CC(=O)O)c1ccc2c(c1)OCO2. The Bertz CT molecular complexity index is 838. The number of hydrogen-bond donors (Lipinski definition) is 3. The van der Waals surface area contributed by atoms with Crippen LogP contribution in [0.4, 0.5) is 4.79 Å². The molecule has 0 saturated heterocycles. The molecule has 1 aromatic carbocycles. The molecular weight excluding hydrogens is 404 g/mol. The summed E-state index contributed by atoms with van der Waals surface area (Å²) in [5.74, 6) is -0.340. The Labute approximate surface area is 181 Å². The standard InChI is InChI=1S/C21H28N4O6/c1-4-5-6-15(20(28)25(3)10-9-22-2)23-21(29)24-16(12-19(26)27)14-7-8-17-18(11-14)31-13-30-17/h7-8,11,15-16H,4-6,9-10,12-13H2,1,3H3,(H,26,27)(H2,23,24,29)/t15-,16-/m0/s1. The summed E-state index contributed by atoms with van der Waals surface area (Å²) in [7, 11) is 1.59. The summed E-state index contributed by atoms with van der Waals surface area (Å²) >= 11 is 0. The summed E-state index contributed by atoms with van der Waals surface area (Å²) < 4.78 is 10.6. The van der Waals surface area contributed by atoms with Gasteiger partial charge < -0.3 is 35.0 Å². The first-order chi connectivity index (χ1) is 14.8. The number of carbonyl (C=O) groups is 3. The number of hydrogen-bond acceptors (Lipinski definition) is 5. The van der Waals surface area contributed by atoms with E-state index in [9.17, 15) is 19.5 Å². The predicted molar refractivity (Wildman–Crippen MR) is 112 cm³/mol. The number of amides is 3. The number of carbonyl (C=O) groups excluding carboxylic acids is 2. The third-order valence-electron chi connectivity index (χ3n) is 4.86. The van der Waals surface area contributed by atoms with E-state index in [-0.39, 0.29) is 32.2 Å². The summed E-state index contributed by atoms with van der Waals surface area (Å²) in [4.78, 5) is 41.4. The molecule has 10 heteroatoms. The molecule has 0 spiro atoms. The molecule has 0 aromatic heterocycles. The topological polar surface area (TPSA) is 122 Å². The molecule has 1 aliphatic rings. The van der Waals surface area contributed by atoms with Gasteiger partial charge in [0.2, 0.25) is 19.2 Å². The van der Waals surface area contributed by atoms with E-state index in [4.69, 9.17) is 16.0 Å². The summed E-state index contributed by atoms with van der Waals surface area (Å²) in [6, 6.07) is 2.72. The molecule has 0 aliphatic carbocycles. The quantitative estimate of drug-likeness (QED) is 0.461. The Hall–Kier alpha value is -3.48. The fourth-order valence-corrected chi connectivity index (χ4v) is 3.16. The number of benzene rings is 1. The van der Waals surface area contributed by atoms with Gasteiger partial charge in [-0.1, -0.05) is 25.8 Å². The van der Waals surface area contributed by atoms with Gasteiger partial charge in [0.25, 0.3) is 0 Å². The maximum Gasteiger partial charge on any atom is 0.315 e. The second-order valence-corrected chi connectivity index (χ2v) is 7.22. The van der Waals surface area contributed by atoms with Crippen molar-refractivity contribution >= 4 is 17.9 Å². The molecule has 0 bridgehead atoms. The number of rotatable bonds is 11. The third-order valence-corrected chi connectivity index (χ3v) is 4.86. The van der Waals surface area contributed by atoms with Gasteiger partial charge in [-0.3, -0.25) is 9.59 Å². The van der Waals surface area contributed by atoms with E-state index in [0.29, 0.717) is 23.5 Å². The molecule has 0 fully saturated rings.